The molecule has 0 unspecified atom stereocenters. The monoisotopic (exact) mass is 447 g/mol. The predicted octanol–water partition coefficient (Wildman–Crippen LogP) is 4.43. The van der Waals surface area contributed by atoms with Crippen molar-refractivity contribution in [3.05, 3.63) is 95.3 Å². The number of aromatic amines is 1. The lowest BCUT2D eigenvalue weighted by molar-refractivity contribution is 0.0715. The van der Waals surface area contributed by atoms with Gasteiger partial charge in [0, 0.05) is 16.8 Å². The van der Waals surface area contributed by atoms with Crippen molar-refractivity contribution in [2.75, 3.05) is 18.9 Å². The Kier molecular flexibility index (Phi) is 6.67. The number of halogens is 1. The summed E-state index contributed by atoms with van der Waals surface area (Å²) in [5, 5.41) is 7.08. The molecule has 2 aromatic heterocycles. The quantitative estimate of drug-likeness (QED) is 0.416. The highest BCUT2D eigenvalue weighted by Crippen LogP contribution is 2.20. The Hall–Kier alpha value is -3.84. The van der Waals surface area contributed by atoms with E-state index in [1.807, 2.05) is 60.7 Å². The van der Waals surface area contributed by atoms with Crippen LogP contribution in [0.2, 0.25) is 5.02 Å². The molecule has 8 heteroatoms. The number of anilines is 1. The Morgan fingerprint density at radius 1 is 1.06 bits per heavy atom. The van der Waals surface area contributed by atoms with Crippen LogP contribution in [-0.4, -0.2) is 39.1 Å². The summed E-state index contributed by atoms with van der Waals surface area (Å²) in [6, 6.07) is 22.8. The van der Waals surface area contributed by atoms with Crippen molar-refractivity contribution in [3.8, 4) is 17.0 Å². The van der Waals surface area contributed by atoms with Gasteiger partial charge in [0.2, 0.25) is 0 Å². The summed E-state index contributed by atoms with van der Waals surface area (Å²) in [6.07, 6.45) is 1.50. The minimum atomic E-state index is -0.252. The number of rotatable bonds is 8. The fraction of sp³-hybridized carbons (Fsp3) is 0.125. The van der Waals surface area contributed by atoms with Gasteiger partial charge in [-0.1, -0.05) is 54.1 Å². The molecule has 4 aromatic rings. The number of amides is 1. The molecule has 0 atom stereocenters. The average Bonchev–Trinajstić information content (AvgIpc) is 3.24. The van der Waals surface area contributed by atoms with E-state index >= 15 is 0 Å². The minimum absolute atomic E-state index is 0.154. The molecule has 0 bridgehead atoms. The Morgan fingerprint density at radius 2 is 1.88 bits per heavy atom. The third-order valence-corrected chi connectivity index (χ3v) is 5.08. The normalized spacial score (nSPS) is 10.7. The largest absolute Gasteiger partial charge is 0.492 e. The van der Waals surface area contributed by atoms with Crippen LogP contribution in [0, 0.1) is 0 Å². The SMILES string of the molecule is Nc1n[nH]cc1C(=O)N(CCOc1cccc(Cl)c1)Cc1cccc(-c2ccccc2)n1. The lowest BCUT2D eigenvalue weighted by Gasteiger charge is -2.22. The first-order chi connectivity index (χ1) is 15.6. The molecule has 0 aliphatic rings. The van der Waals surface area contributed by atoms with E-state index < -0.39 is 0 Å². The number of H-pyrrole nitrogens is 1. The van der Waals surface area contributed by atoms with Gasteiger partial charge >= 0.3 is 0 Å². The highest BCUT2D eigenvalue weighted by molar-refractivity contribution is 6.30. The van der Waals surface area contributed by atoms with Crippen molar-refractivity contribution < 1.29 is 9.53 Å². The molecule has 0 saturated carbocycles. The fourth-order valence-electron chi connectivity index (χ4n) is 3.26. The number of ether oxygens (including phenoxy) is 1. The van der Waals surface area contributed by atoms with Crippen molar-refractivity contribution in [2.24, 2.45) is 0 Å². The molecule has 32 heavy (non-hydrogen) atoms. The van der Waals surface area contributed by atoms with Crippen LogP contribution in [0.25, 0.3) is 11.3 Å². The maximum absolute atomic E-state index is 13.2. The molecule has 0 spiro atoms. The van der Waals surface area contributed by atoms with E-state index in [0.717, 1.165) is 17.0 Å². The highest BCUT2D eigenvalue weighted by atomic mass is 35.5. The first-order valence-corrected chi connectivity index (χ1v) is 10.5. The number of nitrogen functional groups attached to an aromatic ring is 1. The first kappa shape index (κ1) is 21.4. The number of carbonyl (C=O) groups is 1. The summed E-state index contributed by atoms with van der Waals surface area (Å²) in [6.45, 7) is 0.901. The molecule has 0 aliphatic heterocycles. The van der Waals surface area contributed by atoms with Crippen LogP contribution < -0.4 is 10.5 Å². The highest BCUT2D eigenvalue weighted by Gasteiger charge is 2.21. The van der Waals surface area contributed by atoms with Gasteiger partial charge in [-0.05, 0) is 30.3 Å². The second kappa shape index (κ2) is 9.98. The first-order valence-electron chi connectivity index (χ1n) is 10.1. The van der Waals surface area contributed by atoms with E-state index in [1.165, 1.54) is 6.20 Å². The van der Waals surface area contributed by atoms with Gasteiger partial charge < -0.3 is 15.4 Å². The van der Waals surface area contributed by atoms with Gasteiger partial charge in [-0.25, -0.2) is 0 Å². The minimum Gasteiger partial charge on any atom is -0.492 e. The zero-order valence-electron chi connectivity index (χ0n) is 17.2. The number of benzene rings is 2. The number of carbonyl (C=O) groups excluding carboxylic acids is 1. The van der Waals surface area contributed by atoms with Gasteiger partial charge in [-0.2, -0.15) is 5.10 Å². The van der Waals surface area contributed by atoms with Crippen LogP contribution in [0.5, 0.6) is 5.75 Å². The average molecular weight is 448 g/mol. The number of nitrogens with zero attached hydrogens (tertiary/aromatic N) is 3. The molecule has 0 fully saturated rings. The van der Waals surface area contributed by atoms with Crippen LogP contribution in [0.4, 0.5) is 5.82 Å². The van der Waals surface area contributed by atoms with Crippen molar-refractivity contribution in [2.45, 2.75) is 6.54 Å². The Bertz CT molecular complexity index is 1200. The van der Waals surface area contributed by atoms with Crippen molar-refractivity contribution in [1.29, 1.82) is 0 Å². The summed E-state index contributed by atoms with van der Waals surface area (Å²) in [5.74, 6) is 0.538. The Labute approximate surface area is 190 Å². The molecule has 2 aromatic carbocycles. The van der Waals surface area contributed by atoms with Crippen LogP contribution in [0.1, 0.15) is 16.1 Å². The predicted molar refractivity (Wildman–Crippen MR) is 124 cm³/mol. The van der Waals surface area contributed by atoms with Crippen molar-refractivity contribution in [3.63, 3.8) is 0 Å². The van der Waals surface area contributed by atoms with Gasteiger partial charge in [0.25, 0.3) is 5.91 Å². The van der Waals surface area contributed by atoms with Gasteiger partial charge in [-0.3, -0.25) is 14.9 Å². The molecular formula is C24H22ClN5O2. The van der Waals surface area contributed by atoms with Crippen LogP contribution in [0.3, 0.4) is 0 Å². The number of hydrogen-bond donors (Lipinski definition) is 2. The summed E-state index contributed by atoms with van der Waals surface area (Å²) in [7, 11) is 0. The molecule has 1 amide bonds. The summed E-state index contributed by atoms with van der Waals surface area (Å²) in [5.41, 5.74) is 8.77. The molecule has 162 valence electrons. The lowest BCUT2D eigenvalue weighted by atomic mass is 10.1. The smallest absolute Gasteiger partial charge is 0.259 e. The maximum Gasteiger partial charge on any atom is 0.259 e. The van der Waals surface area contributed by atoms with E-state index in [9.17, 15) is 4.79 Å². The molecule has 0 radical (unpaired) electrons. The second-order valence-corrected chi connectivity index (χ2v) is 7.53. The van der Waals surface area contributed by atoms with Crippen LogP contribution >= 0.6 is 11.6 Å². The molecular weight excluding hydrogens is 426 g/mol. The molecule has 0 aliphatic carbocycles. The van der Waals surface area contributed by atoms with E-state index in [1.54, 1.807) is 17.0 Å². The third-order valence-electron chi connectivity index (χ3n) is 4.84. The van der Waals surface area contributed by atoms with Crippen molar-refractivity contribution in [1.82, 2.24) is 20.1 Å². The number of pyridine rings is 1. The zero-order chi connectivity index (χ0) is 22.3. The standard InChI is InChI=1S/C24H22ClN5O2/c25-18-8-4-10-20(14-18)32-13-12-30(24(31)21-15-27-29-23(21)26)16-19-9-5-11-22(28-19)17-6-2-1-3-7-17/h1-11,14-15H,12-13,16H2,(H3,26,27,29). The topological polar surface area (TPSA) is 97.1 Å². The number of nitrogens with one attached hydrogen (secondary N) is 1. The number of hydrogen-bond acceptors (Lipinski definition) is 5. The van der Waals surface area contributed by atoms with Gasteiger partial charge in [0.1, 0.15) is 17.9 Å². The van der Waals surface area contributed by atoms with Crippen molar-refractivity contribution >= 4 is 23.3 Å². The van der Waals surface area contributed by atoms with Gasteiger partial charge in [-0.15, -0.1) is 0 Å². The third kappa shape index (κ3) is 5.25. The van der Waals surface area contributed by atoms with Gasteiger partial charge in [0.15, 0.2) is 5.82 Å². The summed E-state index contributed by atoms with van der Waals surface area (Å²) < 4.78 is 5.79. The number of aromatic nitrogens is 3. The van der Waals surface area contributed by atoms with E-state index in [0.29, 0.717) is 29.4 Å². The lowest BCUT2D eigenvalue weighted by Crippen LogP contribution is -2.34. The Balaban J connectivity index is 1.52. The van der Waals surface area contributed by atoms with Crippen LogP contribution in [-0.2, 0) is 6.54 Å². The second-order valence-electron chi connectivity index (χ2n) is 7.10. The zero-order valence-corrected chi connectivity index (χ0v) is 18.0. The Morgan fingerprint density at radius 3 is 2.62 bits per heavy atom. The van der Waals surface area contributed by atoms with E-state index in [-0.39, 0.29) is 18.3 Å². The molecule has 3 N–H and O–H groups in total. The maximum atomic E-state index is 13.2. The summed E-state index contributed by atoms with van der Waals surface area (Å²) >= 11 is 6.02. The van der Waals surface area contributed by atoms with E-state index in [2.05, 4.69) is 10.2 Å². The molecule has 0 saturated heterocycles. The number of nitrogens with two attached hydrogens (primary N) is 1. The summed E-state index contributed by atoms with van der Waals surface area (Å²) in [4.78, 5) is 19.5. The van der Waals surface area contributed by atoms with E-state index in [4.69, 9.17) is 27.1 Å². The molecule has 2 heterocycles. The molecule has 7 nitrogen and oxygen atoms in total. The van der Waals surface area contributed by atoms with Crippen LogP contribution in [0.15, 0.2) is 79.0 Å². The molecule has 4 rings (SSSR count). The van der Waals surface area contributed by atoms with Gasteiger partial charge in [0.05, 0.1) is 24.5 Å². The fourth-order valence-corrected chi connectivity index (χ4v) is 3.44.